The van der Waals surface area contributed by atoms with Gasteiger partial charge >= 0.3 is 0 Å². The lowest BCUT2D eigenvalue weighted by molar-refractivity contribution is 0.0622. The molecule has 0 aromatic heterocycles. The van der Waals surface area contributed by atoms with Crippen LogP contribution < -0.4 is 0 Å². The Morgan fingerprint density at radius 3 is 2.32 bits per heavy atom. The van der Waals surface area contributed by atoms with Gasteiger partial charge in [0, 0.05) is 18.2 Å². The molecule has 0 aliphatic carbocycles. The summed E-state index contributed by atoms with van der Waals surface area (Å²) in [6.45, 7) is 4.36. The van der Waals surface area contributed by atoms with E-state index in [0.29, 0.717) is 17.7 Å². The molecule has 1 aromatic carbocycles. The third kappa shape index (κ3) is 3.80. The van der Waals surface area contributed by atoms with E-state index in [4.69, 9.17) is 10.4 Å². The maximum Gasteiger partial charge on any atom is 0.254 e. The summed E-state index contributed by atoms with van der Waals surface area (Å²) in [5.41, 5.74) is 1.09. The largest absolute Gasteiger partial charge is 0.395 e. The predicted molar refractivity (Wildman–Crippen MR) is 73.6 cm³/mol. The minimum Gasteiger partial charge on any atom is -0.395 e. The van der Waals surface area contributed by atoms with E-state index in [0.717, 1.165) is 12.8 Å². The summed E-state index contributed by atoms with van der Waals surface area (Å²) < 4.78 is 0. The normalized spacial score (nSPS) is 10.3. The SMILES string of the molecule is CCC(CC)N(CCO)C(=O)c1ccc(C#N)cc1. The molecule has 0 aliphatic rings. The molecule has 0 saturated carbocycles. The van der Waals surface area contributed by atoms with Gasteiger partial charge in [-0.3, -0.25) is 4.79 Å². The summed E-state index contributed by atoms with van der Waals surface area (Å²) in [5.74, 6) is -0.0905. The molecule has 0 aliphatic heterocycles. The summed E-state index contributed by atoms with van der Waals surface area (Å²) >= 11 is 0. The Morgan fingerprint density at radius 2 is 1.89 bits per heavy atom. The number of benzene rings is 1. The number of hydrogen-bond acceptors (Lipinski definition) is 3. The van der Waals surface area contributed by atoms with E-state index in [-0.39, 0.29) is 18.6 Å². The van der Waals surface area contributed by atoms with Crippen molar-refractivity contribution in [2.45, 2.75) is 32.7 Å². The van der Waals surface area contributed by atoms with Crippen LogP contribution in [0.15, 0.2) is 24.3 Å². The topological polar surface area (TPSA) is 64.3 Å². The van der Waals surface area contributed by atoms with Gasteiger partial charge in [0.2, 0.25) is 0 Å². The summed E-state index contributed by atoms with van der Waals surface area (Å²) in [6, 6.07) is 8.76. The third-order valence-corrected chi connectivity index (χ3v) is 3.25. The van der Waals surface area contributed by atoms with Crippen LogP contribution in [0.25, 0.3) is 0 Å². The fourth-order valence-electron chi connectivity index (χ4n) is 2.14. The molecule has 1 aromatic rings. The van der Waals surface area contributed by atoms with Gasteiger partial charge in [-0.15, -0.1) is 0 Å². The number of rotatable bonds is 6. The van der Waals surface area contributed by atoms with Crippen molar-refractivity contribution >= 4 is 5.91 Å². The summed E-state index contributed by atoms with van der Waals surface area (Å²) in [4.78, 5) is 14.1. The van der Waals surface area contributed by atoms with Crippen molar-refractivity contribution in [2.24, 2.45) is 0 Å². The lowest BCUT2D eigenvalue weighted by Gasteiger charge is -2.30. The Kier molecular flexibility index (Phi) is 6.04. The molecule has 1 N–H and O–H groups in total. The predicted octanol–water partition coefficient (Wildman–Crippen LogP) is 2.18. The van der Waals surface area contributed by atoms with Crippen molar-refractivity contribution in [3.63, 3.8) is 0 Å². The van der Waals surface area contributed by atoms with Crippen LogP contribution in [0.4, 0.5) is 0 Å². The van der Waals surface area contributed by atoms with Crippen LogP contribution in [0.5, 0.6) is 0 Å². The van der Waals surface area contributed by atoms with Gasteiger partial charge in [-0.1, -0.05) is 13.8 Å². The minimum atomic E-state index is -0.0905. The fraction of sp³-hybridized carbons (Fsp3) is 0.467. The monoisotopic (exact) mass is 260 g/mol. The van der Waals surface area contributed by atoms with E-state index in [1.165, 1.54) is 0 Å². The Morgan fingerprint density at radius 1 is 1.32 bits per heavy atom. The molecule has 0 atom stereocenters. The molecular formula is C15H20N2O2. The molecule has 0 bridgehead atoms. The second-order valence-corrected chi connectivity index (χ2v) is 4.38. The average molecular weight is 260 g/mol. The van der Waals surface area contributed by atoms with Crippen LogP contribution in [0, 0.1) is 11.3 Å². The first kappa shape index (κ1) is 15.2. The quantitative estimate of drug-likeness (QED) is 0.852. The standard InChI is InChI=1S/C15H20N2O2/c1-3-14(4-2)17(9-10-18)15(19)13-7-5-12(11-16)6-8-13/h5-8,14,18H,3-4,9-10H2,1-2H3. The average Bonchev–Trinajstić information content (AvgIpc) is 2.47. The van der Waals surface area contributed by atoms with Crippen molar-refractivity contribution in [1.82, 2.24) is 4.90 Å². The van der Waals surface area contributed by atoms with Gasteiger partial charge in [-0.25, -0.2) is 0 Å². The molecule has 19 heavy (non-hydrogen) atoms. The van der Waals surface area contributed by atoms with Gasteiger partial charge in [0.25, 0.3) is 5.91 Å². The minimum absolute atomic E-state index is 0.0431. The zero-order chi connectivity index (χ0) is 14.3. The molecule has 1 amide bonds. The highest BCUT2D eigenvalue weighted by Crippen LogP contribution is 2.14. The highest BCUT2D eigenvalue weighted by atomic mass is 16.3. The summed E-state index contributed by atoms with van der Waals surface area (Å²) in [5, 5.41) is 17.9. The van der Waals surface area contributed by atoms with Crippen LogP contribution in [-0.4, -0.2) is 35.1 Å². The van der Waals surface area contributed by atoms with E-state index in [1.54, 1.807) is 29.2 Å². The zero-order valence-electron chi connectivity index (χ0n) is 11.5. The van der Waals surface area contributed by atoms with Gasteiger partial charge < -0.3 is 10.0 Å². The van der Waals surface area contributed by atoms with Crippen molar-refractivity contribution in [3.05, 3.63) is 35.4 Å². The van der Waals surface area contributed by atoms with Gasteiger partial charge in [-0.2, -0.15) is 5.26 Å². The number of carbonyl (C=O) groups is 1. The van der Waals surface area contributed by atoms with Gasteiger partial charge in [-0.05, 0) is 37.1 Å². The van der Waals surface area contributed by atoms with E-state index in [2.05, 4.69) is 0 Å². The smallest absolute Gasteiger partial charge is 0.254 e. The van der Waals surface area contributed by atoms with E-state index >= 15 is 0 Å². The molecule has 0 heterocycles. The summed E-state index contributed by atoms with van der Waals surface area (Å²) in [7, 11) is 0. The van der Waals surface area contributed by atoms with Crippen LogP contribution in [-0.2, 0) is 0 Å². The zero-order valence-corrected chi connectivity index (χ0v) is 11.5. The Hall–Kier alpha value is -1.86. The molecule has 0 unspecified atom stereocenters. The van der Waals surface area contributed by atoms with Gasteiger partial charge in [0.1, 0.15) is 0 Å². The number of carbonyl (C=O) groups excluding carboxylic acids is 1. The van der Waals surface area contributed by atoms with Gasteiger partial charge in [0.05, 0.1) is 18.2 Å². The fourth-order valence-corrected chi connectivity index (χ4v) is 2.14. The molecule has 4 nitrogen and oxygen atoms in total. The van der Waals surface area contributed by atoms with Crippen molar-refractivity contribution in [3.8, 4) is 6.07 Å². The second kappa shape index (κ2) is 7.55. The highest BCUT2D eigenvalue weighted by Gasteiger charge is 2.21. The van der Waals surface area contributed by atoms with Crippen molar-refractivity contribution in [2.75, 3.05) is 13.2 Å². The second-order valence-electron chi connectivity index (χ2n) is 4.38. The number of aliphatic hydroxyl groups is 1. The number of nitriles is 1. The van der Waals surface area contributed by atoms with Crippen molar-refractivity contribution < 1.29 is 9.90 Å². The molecule has 4 heteroatoms. The van der Waals surface area contributed by atoms with Crippen LogP contribution in [0.2, 0.25) is 0 Å². The molecule has 0 spiro atoms. The Labute approximate surface area is 114 Å². The molecule has 0 radical (unpaired) electrons. The summed E-state index contributed by atoms with van der Waals surface area (Å²) in [6.07, 6.45) is 1.72. The number of amides is 1. The van der Waals surface area contributed by atoms with Crippen LogP contribution >= 0.6 is 0 Å². The lowest BCUT2D eigenvalue weighted by atomic mass is 10.1. The maximum absolute atomic E-state index is 12.4. The van der Waals surface area contributed by atoms with Crippen LogP contribution in [0.1, 0.15) is 42.6 Å². The third-order valence-electron chi connectivity index (χ3n) is 3.25. The van der Waals surface area contributed by atoms with E-state index in [9.17, 15) is 4.79 Å². The number of aliphatic hydroxyl groups excluding tert-OH is 1. The number of nitrogens with zero attached hydrogens (tertiary/aromatic N) is 2. The Bertz CT molecular complexity index is 444. The van der Waals surface area contributed by atoms with E-state index in [1.807, 2.05) is 19.9 Å². The maximum atomic E-state index is 12.4. The molecule has 1 rings (SSSR count). The molecule has 102 valence electrons. The molecule has 0 saturated heterocycles. The lowest BCUT2D eigenvalue weighted by Crippen LogP contribution is -2.41. The highest BCUT2D eigenvalue weighted by molar-refractivity contribution is 5.94. The van der Waals surface area contributed by atoms with Gasteiger partial charge in [0.15, 0.2) is 0 Å². The van der Waals surface area contributed by atoms with Crippen LogP contribution in [0.3, 0.4) is 0 Å². The Balaban J connectivity index is 2.95. The number of hydrogen-bond donors (Lipinski definition) is 1. The first-order valence-electron chi connectivity index (χ1n) is 6.59. The van der Waals surface area contributed by atoms with Crippen molar-refractivity contribution in [1.29, 1.82) is 5.26 Å². The van der Waals surface area contributed by atoms with E-state index < -0.39 is 0 Å². The first-order chi connectivity index (χ1) is 9.17. The first-order valence-corrected chi connectivity index (χ1v) is 6.59. The molecular weight excluding hydrogens is 240 g/mol. The molecule has 0 fully saturated rings.